The van der Waals surface area contributed by atoms with Crippen LogP contribution in [0, 0.1) is 6.92 Å². The van der Waals surface area contributed by atoms with E-state index in [2.05, 4.69) is 5.32 Å². The molecule has 1 aliphatic heterocycles. The number of anilines is 1. The number of hydrogen-bond acceptors (Lipinski definition) is 4. The number of carbonyl (C=O) groups excluding carboxylic acids is 1. The molecule has 1 N–H and O–H groups in total. The van der Waals surface area contributed by atoms with Crippen LogP contribution < -0.4 is 14.4 Å². The number of aryl methyl sites for hydroxylation is 1. The summed E-state index contributed by atoms with van der Waals surface area (Å²) in [5.41, 5.74) is 2.36. The Bertz CT molecular complexity index is 1460. The van der Waals surface area contributed by atoms with Gasteiger partial charge in [-0.05, 0) is 47.5 Å². The predicted molar refractivity (Wildman–Crippen MR) is 132 cm³/mol. The fourth-order valence-corrected chi connectivity index (χ4v) is 5.62. The molecule has 0 unspecified atom stereocenters. The van der Waals surface area contributed by atoms with Gasteiger partial charge in [-0.3, -0.25) is 9.10 Å². The molecule has 1 aliphatic rings. The van der Waals surface area contributed by atoms with E-state index in [0.29, 0.717) is 18.0 Å². The Morgan fingerprint density at radius 2 is 1.65 bits per heavy atom. The molecule has 6 nitrogen and oxygen atoms in total. The van der Waals surface area contributed by atoms with Gasteiger partial charge in [-0.15, -0.1) is 0 Å². The van der Waals surface area contributed by atoms with Crippen molar-refractivity contribution in [3.63, 3.8) is 0 Å². The van der Waals surface area contributed by atoms with Gasteiger partial charge in [0.2, 0.25) is 0 Å². The summed E-state index contributed by atoms with van der Waals surface area (Å²) in [7, 11) is -3.88. The minimum Gasteiger partial charge on any atom is -0.476 e. The van der Waals surface area contributed by atoms with Gasteiger partial charge in [-0.25, -0.2) is 8.42 Å². The van der Waals surface area contributed by atoms with Gasteiger partial charge in [0.1, 0.15) is 5.75 Å². The van der Waals surface area contributed by atoms with Crippen molar-refractivity contribution in [3.05, 3.63) is 102 Å². The highest BCUT2D eigenvalue weighted by Gasteiger charge is 2.37. The first-order valence-corrected chi connectivity index (χ1v) is 12.5. The van der Waals surface area contributed by atoms with Crippen molar-refractivity contribution in [1.29, 1.82) is 0 Å². The van der Waals surface area contributed by atoms with Crippen LogP contribution in [0.4, 0.5) is 5.69 Å². The second kappa shape index (κ2) is 8.83. The molecule has 0 saturated heterocycles. The molecule has 1 amide bonds. The molecule has 7 heteroatoms. The fourth-order valence-electron chi connectivity index (χ4n) is 4.15. The average molecular weight is 473 g/mol. The van der Waals surface area contributed by atoms with Gasteiger partial charge < -0.3 is 10.1 Å². The third-order valence-electron chi connectivity index (χ3n) is 5.97. The molecule has 4 aromatic rings. The van der Waals surface area contributed by atoms with Crippen LogP contribution in [-0.4, -0.2) is 27.0 Å². The Labute approximate surface area is 198 Å². The Balaban J connectivity index is 1.41. The lowest BCUT2D eigenvalue weighted by molar-refractivity contribution is -0.127. The van der Waals surface area contributed by atoms with Gasteiger partial charge >= 0.3 is 0 Å². The van der Waals surface area contributed by atoms with Gasteiger partial charge in [0.25, 0.3) is 15.9 Å². The SMILES string of the molecule is Cc1ccc(S(=O)(=O)N2C[C@H](C(=O)NCc3cccc4ccccc34)Oc3ccccc32)cc1. The first kappa shape index (κ1) is 22.0. The standard InChI is InChI=1S/C27H24N2O4S/c1-19-13-15-22(16-14-19)34(31,32)29-18-26(33-25-12-5-4-11-24(25)29)27(30)28-17-21-9-6-8-20-7-2-3-10-23(20)21/h2-16,26H,17-18H2,1H3,(H,28,30)/t26-/m1/s1. The summed E-state index contributed by atoms with van der Waals surface area (Å²) in [4.78, 5) is 13.3. The number of nitrogens with zero attached hydrogens (tertiary/aromatic N) is 1. The van der Waals surface area contributed by atoms with E-state index in [9.17, 15) is 13.2 Å². The zero-order chi connectivity index (χ0) is 23.7. The lowest BCUT2D eigenvalue weighted by Crippen LogP contribution is -2.50. The second-order valence-electron chi connectivity index (χ2n) is 8.28. The minimum absolute atomic E-state index is 0.116. The molecule has 5 rings (SSSR count). The number of rotatable bonds is 5. The summed E-state index contributed by atoms with van der Waals surface area (Å²) in [5.74, 6) is -0.0127. The van der Waals surface area contributed by atoms with Crippen LogP contribution in [0.2, 0.25) is 0 Å². The summed E-state index contributed by atoms with van der Waals surface area (Å²) in [6.07, 6.45) is -0.981. The Hall–Kier alpha value is -3.84. The number of ether oxygens (including phenoxy) is 1. The zero-order valence-corrected chi connectivity index (χ0v) is 19.5. The van der Waals surface area contributed by atoms with Crippen molar-refractivity contribution in [1.82, 2.24) is 5.32 Å². The van der Waals surface area contributed by atoms with E-state index in [4.69, 9.17) is 4.74 Å². The smallest absolute Gasteiger partial charge is 0.264 e. The van der Waals surface area contributed by atoms with Gasteiger partial charge in [-0.2, -0.15) is 0 Å². The van der Waals surface area contributed by atoms with Gasteiger partial charge in [0.05, 0.1) is 17.1 Å². The number of para-hydroxylation sites is 2. The Morgan fingerprint density at radius 3 is 2.47 bits per heavy atom. The maximum absolute atomic E-state index is 13.5. The number of fused-ring (bicyclic) bond motifs is 2. The molecule has 0 aliphatic carbocycles. The molecular weight excluding hydrogens is 448 g/mol. The van der Waals surface area contributed by atoms with Gasteiger partial charge in [0, 0.05) is 6.54 Å². The van der Waals surface area contributed by atoms with Crippen LogP contribution in [0.3, 0.4) is 0 Å². The largest absolute Gasteiger partial charge is 0.476 e. The second-order valence-corrected chi connectivity index (χ2v) is 10.1. The van der Waals surface area contributed by atoms with Crippen molar-refractivity contribution in [2.24, 2.45) is 0 Å². The molecule has 0 bridgehead atoms. The maximum Gasteiger partial charge on any atom is 0.264 e. The van der Waals surface area contributed by atoms with E-state index in [-0.39, 0.29) is 17.3 Å². The van der Waals surface area contributed by atoms with E-state index < -0.39 is 16.1 Å². The summed E-state index contributed by atoms with van der Waals surface area (Å²) in [6.45, 7) is 2.09. The normalized spacial score (nSPS) is 15.4. The van der Waals surface area contributed by atoms with Crippen molar-refractivity contribution >= 4 is 32.4 Å². The minimum atomic E-state index is -3.88. The molecule has 0 fully saturated rings. The quantitative estimate of drug-likeness (QED) is 0.467. The molecular formula is C27H24N2O4S. The molecule has 0 aromatic heterocycles. The van der Waals surface area contributed by atoms with Crippen molar-refractivity contribution < 1.29 is 17.9 Å². The maximum atomic E-state index is 13.5. The lowest BCUT2D eigenvalue weighted by atomic mass is 10.0. The highest BCUT2D eigenvalue weighted by Crippen LogP contribution is 2.36. The predicted octanol–water partition coefficient (Wildman–Crippen LogP) is 4.42. The van der Waals surface area contributed by atoms with Crippen LogP contribution in [0.1, 0.15) is 11.1 Å². The third-order valence-corrected chi connectivity index (χ3v) is 7.76. The van der Waals surface area contributed by atoms with Crippen LogP contribution in [0.25, 0.3) is 10.8 Å². The van der Waals surface area contributed by atoms with Crippen molar-refractivity contribution in [2.75, 3.05) is 10.8 Å². The first-order chi connectivity index (χ1) is 16.4. The van der Waals surface area contributed by atoms with E-state index in [0.717, 1.165) is 21.9 Å². The van der Waals surface area contributed by atoms with E-state index in [1.54, 1.807) is 48.5 Å². The monoisotopic (exact) mass is 472 g/mol. The first-order valence-electron chi connectivity index (χ1n) is 11.0. The zero-order valence-electron chi connectivity index (χ0n) is 18.6. The summed E-state index contributed by atoms with van der Waals surface area (Å²) in [5, 5.41) is 5.07. The van der Waals surface area contributed by atoms with Crippen molar-refractivity contribution in [2.45, 2.75) is 24.5 Å². The highest BCUT2D eigenvalue weighted by atomic mass is 32.2. The number of hydrogen-bond donors (Lipinski definition) is 1. The summed E-state index contributed by atoms with van der Waals surface area (Å²) < 4.78 is 34.2. The molecule has 1 heterocycles. The number of amides is 1. The number of sulfonamides is 1. The molecule has 0 radical (unpaired) electrons. The lowest BCUT2D eigenvalue weighted by Gasteiger charge is -2.34. The number of carbonyl (C=O) groups is 1. The third kappa shape index (κ3) is 4.10. The van der Waals surface area contributed by atoms with Gasteiger partial charge in [0.15, 0.2) is 6.10 Å². The summed E-state index contributed by atoms with van der Waals surface area (Å²) >= 11 is 0. The molecule has 0 spiro atoms. The number of benzene rings is 4. The Morgan fingerprint density at radius 1 is 0.941 bits per heavy atom. The van der Waals surface area contributed by atoms with Gasteiger partial charge in [-0.1, -0.05) is 72.3 Å². The molecule has 1 atom stereocenters. The number of nitrogens with one attached hydrogen (secondary N) is 1. The van der Waals surface area contributed by atoms with Crippen LogP contribution in [0.15, 0.2) is 95.9 Å². The molecule has 34 heavy (non-hydrogen) atoms. The average Bonchev–Trinajstić information content (AvgIpc) is 2.86. The van der Waals surface area contributed by atoms with E-state index >= 15 is 0 Å². The topological polar surface area (TPSA) is 75.7 Å². The molecule has 4 aromatic carbocycles. The van der Waals surface area contributed by atoms with Crippen LogP contribution >= 0.6 is 0 Å². The fraction of sp³-hybridized carbons (Fsp3) is 0.148. The molecule has 172 valence electrons. The van der Waals surface area contributed by atoms with Crippen molar-refractivity contribution in [3.8, 4) is 5.75 Å². The van der Waals surface area contributed by atoms with E-state index in [1.165, 1.54) is 4.31 Å². The van der Waals surface area contributed by atoms with E-state index in [1.807, 2.05) is 49.4 Å². The highest BCUT2D eigenvalue weighted by molar-refractivity contribution is 7.92. The summed E-state index contributed by atoms with van der Waals surface area (Å²) in [6, 6.07) is 27.5. The molecule has 0 saturated carbocycles. The van der Waals surface area contributed by atoms with Crippen LogP contribution in [0.5, 0.6) is 5.75 Å². The Kier molecular flexibility index (Phi) is 5.71. The van der Waals surface area contributed by atoms with Crippen LogP contribution in [-0.2, 0) is 21.4 Å².